The molecule has 1 amide bonds. The Bertz CT molecular complexity index is 638. The first-order valence-corrected chi connectivity index (χ1v) is 8.47. The van der Waals surface area contributed by atoms with Crippen molar-refractivity contribution in [2.75, 3.05) is 26.2 Å². The topological polar surface area (TPSA) is 70.1 Å². The summed E-state index contributed by atoms with van der Waals surface area (Å²) >= 11 is 0. The zero-order valence-corrected chi connectivity index (χ0v) is 14.2. The van der Waals surface area contributed by atoms with E-state index in [-0.39, 0.29) is 12.5 Å². The van der Waals surface area contributed by atoms with Gasteiger partial charge < -0.3 is 14.7 Å². The van der Waals surface area contributed by atoms with Gasteiger partial charge in [-0.1, -0.05) is 25.1 Å². The SMILES string of the molecule is CCN1CCC2(CC1)OCC(C(=O)O)N2C(=O)c1ccccc1C. The van der Waals surface area contributed by atoms with Crippen LogP contribution in [-0.2, 0) is 9.53 Å². The van der Waals surface area contributed by atoms with E-state index >= 15 is 0 Å². The standard InChI is InChI=1S/C18H24N2O4/c1-3-19-10-8-18(9-11-19)20(15(12-24-18)17(22)23)16(21)14-7-5-4-6-13(14)2/h4-7,15H,3,8-12H2,1-2H3,(H,22,23). The third kappa shape index (κ3) is 2.80. The number of aliphatic carboxylic acids is 1. The van der Waals surface area contributed by atoms with Gasteiger partial charge in [0.25, 0.3) is 5.91 Å². The van der Waals surface area contributed by atoms with E-state index in [1.807, 2.05) is 19.1 Å². The summed E-state index contributed by atoms with van der Waals surface area (Å²) in [6, 6.07) is 6.37. The van der Waals surface area contributed by atoms with Crippen molar-refractivity contribution < 1.29 is 19.4 Å². The quantitative estimate of drug-likeness (QED) is 0.913. The molecule has 0 aromatic heterocycles. The molecule has 6 heteroatoms. The summed E-state index contributed by atoms with van der Waals surface area (Å²) in [5.41, 5.74) is 0.597. The number of nitrogens with zero attached hydrogens (tertiary/aromatic N) is 2. The number of hydrogen-bond donors (Lipinski definition) is 1. The smallest absolute Gasteiger partial charge is 0.328 e. The van der Waals surface area contributed by atoms with Crippen LogP contribution in [0, 0.1) is 6.92 Å². The van der Waals surface area contributed by atoms with E-state index in [0.29, 0.717) is 18.4 Å². The molecule has 0 aliphatic carbocycles. The molecule has 2 aliphatic rings. The summed E-state index contributed by atoms with van der Waals surface area (Å²) in [6.45, 7) is 6.58. The lowest BCUT2D eigenvalue weighted by Crippen LogP contribution is -2.58. The summed E-state index contributed by atoms with van der Waals surface area (Å²) < 4.78 is 5.94. The van der Waals surface area contributed by atoms with Crippen molar-refractivity contribution in [3.8, 4) is 0 Å². The number of likely N-dealkylation sites (tertiary alicyclic amines) is 1. The average Bonchev–Trinajstić information content (AvgIpc) is 2.94. The Hall–Kier alpha value is -1.92. The number of piperidine rings is 1. The molecule has 0 bridgehead atoms. The van der Waals surface area contributed by atoms with Crippen molar-refractivity contribution in [2.24, 2.45) is 0 Å². The Morgan fingerprint density at radius 3 is 2.54 bits per heavy atom. The van der Waals surface area contributed by atoms with E-state index < -0.39 is 17.7 Å². The number of benzene rings is 1. The van der Waals surface area contributed by atoms with Gasteiger partial charge in [0.05, 0.1) is 6.61 Å². The average molecular weight is 332 g/mol. The van der Waals surface area contributed by atoms with Crippen LogP contribution in [0.2, 0.25) is 0 Å². The molecule has 130 valence electrons. The molecule has 2 fully saturated rings. The third-order valence-electron chi connectivity index (χ3n) is 5.22. The summed E-state index contributed by atoms with van der Waals surface area (Å²) in [5, 5.41) is 9.58. The van der Waals surface area contributed by atoms with Crippen LogP contribution in [0.5, 0.6) is 0 Å². The molecule has 1 spiro atoms. The summed E-state index contributed by atoms with van der Waals surface area (Å²) in [6.07, 6.45) is 1.28. The molecule has 1 aromatic carbocycles. The van der Waals surface area contributed by atoms with Crippen LogP contribution < -0.4 is 0 Å². The molecule has 1 unspecified atom stereocenters. The molecule has 1 aromatic rings. The van der Waals surface area contributed by atoms with Gasteiger partial charge in [-0.05, 0) is 25.1 Å². The Kier molecular flexibility index (Phi) is 4.60. The molecule has 2 heterocycles. The first kappa shape index (κ1) is 16.9. The highest BCUT2D eigenvalue weighted by Gasteiger charge is 2.54. The molecule has 1 N–H and O–H groups in total. The third-order valence-corrected chi connectivity index (χ3v) is 5.22. The molecule has 6 nitrogen and oxygen atoms in total. The highest BCUT2D eigenvalue weighted by Crippen LogP contribution is 2.38. The Labute approximate surface area is 142 Å². The van der Waals surface area contributed by atoms with Crippen LogP contribution in [0.1, 0.15) is 35.7 Å². The van der Waals surface area contributed by atoms with E-state index in [9.17, 15) is 14.7 Å². The second-order valence-electron chi connectivity index (χ2n) is 6.54. The normalized spacial score (nSPS) is 23.6. The van der Waals surface area contributed by atoms with Gasteiger partial charge in [0.1, 0.15) is 5.72 Å². The fourth-order valence-electron chi connectivity index (χ4n) is 3.72. The fraction of sp³-hybridized carbons (Fsp3) is 0.556. The number of aryl methyl sites for hydroxylation is 1. The number of carbonyl (C=O) groups excluding carboxylic acids is 1. The maximum absolute atomic E-state index is 13.2. The van der Waals surface area contributed by atoms with Crippen molar-refractivity contribution >= 4 is 11.9 Å². The number of carbonyl (C=O) groups is 2. The molecule has 1 atom stereocenters. The Morgan fingerprint density at radius 2 is 1.96 bits per heavy atom. The minimum atomic E-state index is -1.01. The number of hydrogen-bond acceptors (Lipinski definition) is 4. The van der Waals surface area contributed by atoms with Crippen LogP contribution in [0.3, 0.4) is 0 Å². The first-order chi connectivity index (χ1) is 11.5. The zero-order chi connectivity index (χ0) is 17.3. The molecule has 2 saturated heterocycles. The molecular weight excluding hydrogens is 308 g/mol. The minimum Gasteiger partial charge on any atom is -0.480 e. The lowest BCUT2D eigenvalue weighted by atomic mass is 9.96. The van der Waals surface area contributed by atoms with E-state index in [1.165, 1.54) is 4.90 Å². The summed E-state index contributed by atoms with van der Waals surface area (Å²) in [7, 11) is 0. The maximum Gasteiger partial charge on any atom is 0.328 e. The summed E-state index contributed by atoms with van der Waals surface area (Å²) in [5.74, 6) is -1.25. The van der Waals surface area contributed by atoms with Gasteiger partial charge >= 0.3 is 5.97 Å². The predicted molar refractivity (Wildman–Crippen MR) is 88.8 cm³/mol. The lowest BCUT2D eigenvalue weighted by Gasteiger charge is -2.44. The Morgan fingerprint density at radius 1 is 1.29 bits per heavy atom. The van der Waals surface area contributed by atoms with E-state index in [0.717, 1.165) is 25.2 Å². The summed E-state index contributed by atoms with van der Waals surface area (Å²) in [4.78, 5) is 28.7. The van der Waals surface area contributed by atoms with Crippen molar-refractivity contribution in [1.29, 1.82) is 0 Å². The molecule has 3 rings (SSSR count). The second-order valence-corrected chi connectivity index (χ2v) is 6.54. The van der Waals surface area contributed by atoms with E-state index in [2.05, 4.69) is 11.8 Å². The van der Waals surface area contributed by atoms with Crippen molar-refractivity contribution in [1.82, 2.24) is 9.80 Å². The monoisotopic (exact) mass is 332 g/mol. The van der Waals surface area contributed by atoms with E-state index in [1.54, 1.807) is 12.1 Å². The largest absolute Gasteiger partial charge is 0.480 e. The molecule has 0 radical (unpaired) electrons. The number of rotatable bonds is 3. The number of amides is 1. The Balaban J connectivity index is 1.94. The van der Waals surface area contributed by atoms with Gasteiger partial charge in [0.15, 0.2) is 6.04 Å². The highest BCUT2D eigenvalue weighted by atomic mass is 16.5. The van der Waals surface area contributed by atoms with Crippen LogP contribution in [-0.4, -0.2) is 64.8 Å². The number of carboxylic acid groups (broad SMARTS) is 1. The molecule has 24 heavy (non-hydrogen) atoms. The van der Waals surface area contributed by atoms with Gasteiger partial charge in [-0.25, -0.2) is 4.79 Å². The predicted octanol–water partition coefficient (Wildman–Crippen LogP) is 1.73. The van der Waals surface area contributed by atoms with Crippen LogP contribution in [0.15, 0.2) is 24.3 Å². The molecule has 0 saturated carbocycles. The van der Waals surface area contributed by atoms with Gasteiger partial charge in [0.2, 0.25) is 0 Å². The second kappa shape index (κ2) is 6.53. The minimum absolute atomic E-state index is 0.0546. The maximum atomic E-state index is 13.2. The van der Waals surface area contributed by atoms with Crippen LogP contribution in [0.25, 0.3) is 0 Å². The molecular formula is C18H24N2O4. The van der Waals surface area contributed by atoms with Crippen LogP contribution in [0.4, 0.5) is 0 Å². The number of carboxylic acids is 1. The van der Waals surface area contributed by atoms with Gasteiger partial charge in [-0.15, -0.1) is 0 Å². The van der Waals surface area contributed by atoms with Crippen molar-refractivity contribution in [3.05, 3.63) is 35.4 Å². The van der Waals surface area contributed by atoms with E-state index in [4.69, 9.17) is 4.74 Å². The van der Waals surface area contributed by atoms with Crippen molar-refractivity contribution in [2.45, 2.75) is 38.5 Å². The lowest BCUT2D eigenvalue weighted by molar-refractivity contribution is -0.143. The van der Waals surface area contributed by atoms with Gasteiger partial charge in [-0.3, -0.25) is 9.69 Å². The van der Waals surface area contributed by atoms with Crippen LogP contribution >= 0.6 is 0 Å². The highest BCUT2D eigenvalue weighted by molar-refractivity contribution is 5.98. The number of ether oxygens (including phenoxy) is 1. The van der Waals surface area contributed by atoms with Gasteiger partial charge in [0, 0.05) is 31.5 Å². The first-order valence-electron chi connectivity index (χ1n) is 8.47. The van der Waals surface area contributed by atoms with Gasteiger partial charge in [-0.2, -0.15) is 0 Å². The molecule has 2 aliphatic heterocycles. The van der Waals surface area contributed by atoms with Crippen molar-refractivity contribution in [3.63, 3.8) is 0 Å². The zero-order valence-electron chi connectivity index (χ0n) is 14.2. The fourth-order valence-corrected chi connectivity index (χ4v) is 3.72.